The molecule has 1 heterocycles. The standard InChI is InChI=1S/C11H21N3S/c1-8(2)11(4,7-12)14-6-10-5-13-9(3)15-10/h5,8,14H,6-7,12H2,1-4H3. The molecule has 1 rings (SSSR count). The molecule has 1 atom stereocenters. The topological polar surface area (TPSA) is 50.9 Å². The Kier molecular flexibility index (Phi) is 4.25. The van der Waals surface area contributed by atoms with E-state index >= 15 is 0 Å². The molecule has 0 saturated heterocycles. The molecule has 0 amide bonds. The number of aromatic nitrogens is 1. The summed E-state index contributed by atoms with van der Waals surface area (Å²) in [4.78, 5) is 5.51. The van der Waals surface area contributed by atoms with E-state index in [4.69, 9.17) is 5.73 Å². The van der Waals surface area contributed by atoms with Gasteiger partial charge in [0.05, 0.1) is 5.01 Å². The lowest BCUT2D eigenvalue weighted by molar-refractivity contribution is 0.268. The third-order valence-corrected chi connectivity index (χ3v) is 3.95. The SMILES string of the molecule is Cc1ncc(CNC(C)(CN)C(C)C)s1. The van der Waals surface area contributed by atoms with Crippen molar-refractivity contribution < 1.29 is 0 Å². The molecule has 15 heavy (non-hydrogen) atoms. The number of nitrogens with two attached hydrogens (primary N) is 1. The second-order valence-electron chi connectivity index (χ2n) is 4.48. The van der Waals surface area contributed by atoms with Gasteiger partial charge < -0.3 is 11.1 Å². The average Bonchev–Trinajstić information content (AvgIpc) is 2.60. The molecule has 0 radical (unpaired) electrons. The minimum absolute atomic E-state index is 0.0118. The van der Waals surface area contributed by atoms with Crippen molar-refractivity contribution in [2.24, 2.45) is 11.7 Å². The van der Waals surface area contributed by atoms with Crippen molar-refractivity contribution in [3.05, 3.63) is 16.1 Å². The Morgan fingerprint density at radius 1 is 1.60 bits per heavy atom. The fourth-order valence-corrected chi connectivity index (χ4v) is 2.02. The van der Waals surface area contributed by atoms with Crippen molar-refractivity contribution in [3.8, 4) is 0 Å². The summed E-state index contributed by atoms with van der Waals surface area (Å²) in [6, 6.07) is 0. The Morgan fingerprint density at radius 3 is 2.67 bits per heavy atom. The Labute approximate surface area is 96.1 Å². The molecule has 0 aliphatic carbocycles. The zero-order chi connectivity index (χ0) is 11.5. The van der Waals surface area contributed by atoms with E-state index < -0.39 is 0 Å². The highest BCUT2D eigenvalue weighted by Gasteiger charge is 2.25. The van der Waals surface area contributed by atoms with E-state index in [0.29, 0.717) is 12.5 Å². The molecule has 0 bridgehead atoms. The molecule has 0 aromatic carbocycles. The first kappa shape index (κ1) is 12.6. The van der Waals surface area contributed by atoms with Crippen molar-refractivity contribution in [1.82, 2.24) is 10.3 Å². The van der Waals surface area contributed by atoms with Crippen LogP contribution in [0.2, 0.25) is 0 Å². The summed E-state index contributed by atoms with van der Waals surface area (Å²) in [5, 5.41) is 4.64. The normalized spacial score (nSPS) is 15.6. The third kappa shape index (κ3) is 3.26. The summed E-state index contributed by atoms with van der Waals surface area (Å²) in [6.45, 7) is 10.1. The van der Waals surface area contributed by atoms with Crippen LogP contribution in [0.1, 0.15) is 30.7 Å². The summed E-state index contributed by atoms with van der Waals surface area (Å²) >= 11 is 1.74. The van der Waals surface area contributed by atoms with Gasteiger partial charge in [0.2, 0.25) is 0 Å². The van der Waals surface area contributed by atoms with Crippen LogP contribution in [0.15, 0.2) is 6.20 Å². The predicted molar refractivity (Wildman–Crippen MR) is 66.0 cm³/mol. The number of thiazole rings is 1. The van der Waals surface area contributed by atoms with Gasteiger partial charge in [-0.15, -0.1) is 11.3 Å². The van der Waals surface area contributed by atoms with E-state index in [-0.39, 0.29) is 5.54 Å². The average molecular weight is 227 g/mol. The highest BCUT2D eigenvalue weighted by atomic mass is 32.1. The Bertz CT molecular complexity index is 309. The van der Waals surface area contributed by atoms with Crippen molar-refractivity contribution in [1.29, 1.82) is 0 Å². The molecule has 0 aliphatic heterocycles. The van der Waals surface area contributed by atoms with Gasteiger partial charge in [-0.2, -0.15) is 0 Å². The number of nitrogens with one attached hydrogen (secondary N) is 1. The predicted octanol–water partition coefficient (Wildman–Crippen LogP) is 1.91. The molecule has 0 saturated carbocycles. The number of nitrogens with zero attached hydrogens (tertiary/aromatic N) is 1. The minimum Gasteiger partial charge on any atom is -0.329 e. The van der Waals surface area contributed by atoms with Gasteiger partial charge >= 0.3 is 0 Å². The number of rotatable bonds is 5. The van der Waals surface area contributed by atoms with Crippen LogP contribution < -0.4 is 11.1 Å². The van der Waals surface area contributed by atoms with Crippen molar-refractivity contribution in [2.75, 3.05) is 6.54 Å². The van der Waals surface area contributed by atoms with Crippen LogP contribution in [-0.2, 0) is 6.54 Å². The van der Waals surface area contributed by atoms with Gasteiger partial charge in [0.15, 0.2) is 0 Å². The van der Waals surface area contributed by atoms with Gasteiger partial charge in [0, 0.05) is 29.7 Å². The van der Waals surface area contributed by atoms with Crippen LogP contribution in [0.25, 0.3) is 0 Å². The van der Waals surface area contributed by atoms with Gasteiger partial charge in [-0.1, -0.05) is 13.8 Å². The second-order valence-corrected chi connectivity index (χ2v) is 5.79. The van der Waals surface area contributed by atoms with Crippen LogP contribution in [-0.4, -0.2) is 17.1 Å². The number of hydrogen-bond acceptors (Lipinski definition) is 4. The smallest absolute Gasteiger partial charge is 0.0897 e. The Hall–Kier alpha value is -0.450. The largest absolute Gasteiger partial charge is 0.329 e. The maximum absolute atomic E-state index is 5.80. The maximum Gasteiger partial charge on any atom is 0.0897 e. The zero-order valence-corrected chi connectivity index (χ0v) is 10.8. The fraction of sp³-hybridized carbons (Fsp3) is 0.727. The van der Waals surface area contributed by atoms with E-state index in [0.717, 1.165) is 11.6 Å². The second kappa shape index (κ2) is 5.05. The van der Waals surface area contributed by atoms with E-state index in [1.54, 1.807) is 11.3 Å². The van der Waals surface area contributed by atoms with Crippen molar-refractivity contribution in [2.45, 2.75) is 39.8 Å². The first-order valence-corrected chi connectivity index (χ1v) is 6.16. The molecule has 86 valence electrons. The number of hydrogen-bond donors (Lipinski definition) is 2. The first-order valence-electron chi connectivity index (χ1n) is 5.34. The zero-order valence-electron chi connectivity index (χ0n) is 10.0. The van der Waals surface area contributed by atoms with Crippen LogP contribution >= 0.6 is 11.3 Å². The van der Waals surface area contributed by atoms with E-state index in [2.05, 4.69) is 31.1 Å². The summed E-state index contributed by atoms with van der Waals surface area (Å²) in [7, 11) is 0. The van der Waals surface area contributed by atoms with Crippen LogP contribution in [0.4, 0.5) is 0 Å². The summed E-state index contributed by atoms with van der Waals surface area (Å²) in [5.41, 5.74) is 5.81. The third-order valence-electron chi connectivity index (χ3n) is 3.03. The van der Waals surface area contributed by atoms with Gasteiger partial charge in [-0.3, -0.25) is 0 Å². The summed E-state index contributed by atoms with van der Waals surface area (Å²) in [5.74, 6) is 0.525. The Balaban J connectivity index is 2.55. The monoisotopic (exact) mass is 227 g/mol. The lowest BCUT2D eigenvalue weighted by Crippen LogP contribution is -2.52. The summed E-state index contributed by atoms with van der Waals surface area (Å²) in [6.07, 6.45) is 1.93. The molecule has 1 aromatic rings. The molecular formula is C11H21N3S. The molecule has 4 heteroatoms. The molecule has 1 unspecified atom stereocenters. The van der Waals surface area contributed by atoms with Crippen molar-refractivity contribution >= 4 is 11.3 Å². The van der Waals surface area contributed by atoms with Crippen LogP contribution in [0.5, 0.6) is 0 Å². The van der Waals surface area contributed by atoms with Crippen LogP contribution in [0.3, 0.4) is 0 Å². The van der Waals surface area contributed by atoms with Crippen molar-refractivity contribution in [3.63, 3.8) is 0 Å². The quantitative estimate of drug-likeness (QED) is 0.808. The highest BCUT2D eigenvalue weighted by molar-refractivity contribution is 7.11. The summed E-state index contributed by atoms with van der Waals surface area (Å²) < 4.78 is 0. The Morgan fingerprint density at radius 2 is 2.27 bits per heavy atom. The molecule has 3 N–H and O–H groups in total. The molecular weight excluding hydrogens is 206 g/mol. The first-order chi connectivity index (χ1) is 6.98. The molecule has 0 aliphatic rings. The van der Waals surface area contributed by atoms with Gasteiger partial charge in [-0.25, -0.2) is 4.98 Å². The molecule has 0 fully saturated rings. The van der Waals surface area contributed by atoms with Gasteiger partial charge in [0.1, 0.15) is 0 Å². The molecule has 1 aromatic heterocycles. The van der Waals surface area contributed by atoms with Gasteiger partial charge in [-0.05, 0) is 19.8 Å². The number of aryl methyl sites for hydroxylation is 1. The maximum atomic E-state index is 5.80. The van der Waals surface area contributed by atoms with Gasteiger partial charge in [0.25, 0.3) is 0 Å². The highest BCUT2D eigenvalue weighted by Crippen LogP contribution is 2.17. The van der Waals surface area contributed by atoms with Crippen LogP contribution in [0, 0.1) is 12.8 Å². The van der Waals surface area contributed by atoms with E-state index in [1.165, 1.54) is 4.88 Å². The molecule has 0 spiro atoms. The minimum atomic E-state index is 0.0118. The lowest BCUT2D eigenvalue weighted by Gasteiger charge is -2.33. The molecule has 3 nitrogen and oxygen atoms in total. The van der Waals surface area contributed by atoms with E-state index in [9.17, 15) is 0 Å². The fourth-order valence-electron chi connectivity index (χ4n) is 1.29. The lowest BCUT2D eigenvalue weighted by atomic mass is 9.88. The van der Waals surface area contributed by atoms with E-state index in [1.807, 2.05) is 13.1 Å².